The molecule has 234 valence electrons. The van der Waals surface area contributed by atoms with E-state index in [1.165, 1.54) is 11.3 Å². The number of carbonyl (C=O) groups excluding carboxylic acids is 1. The molecule has 4 aromatic rings. The minimum Gasteiger partial charge on any atom is -0.491 e. The zero-order valence-corrected chi connectivity index (χ0v) is 27.4. The summed E-state index contributed by atoms with van der Waals surface area (Å²) in [5, 5.41) is 0.663. The fraction of sp³-hybridized carbons (Fsp3) is 0.286. The van der Waals surface area contributed by atoms with Gasteiger partial charge in [0.1, 0.15) is 12.4 Å². The molecule has 2 heterocycles. The number of thiazole rings is 1. The van der Waals surface area contributed by atoms with Crippen LogP contribution in [-0.4, -0.2) is 29.9 Å². The van der Waals surface area contributed by atoms with Crippen LogP contribution in [-0.2, 0) is 16.1 Å². The summed E-state index contributed by atoms with van der Waals surface area (Å²) in [7, 11) is 0. The number of halogens is 1. The molecule has 0 radical (unpaired) electrons. The first-order valence-corrected chi connectivity index (χ1v) is 16.0. The van der Waals surface area contributed by atoms with Crippen molar-refractivity contribution in [2.24, 2.45) is 4.99 Å². The fourth-order valence-corrected chi connectivity index (χ4v) is 6.18. The maximum Gasteiger partial charge on any atom is 0.338 e. The lowest BCUT2D eigenvalue weighted by molar-refractivity contribution is -0.139. The third-order valence-corrected chi connectivity index (χ3v) is 8.19. The number of esters is 1. The van der Waals surface area contributed by atoms with Crippen LogP contribution in [0.25, 0.3) is 6.08 Å². The minimum absolute atomic E-state index is 0.0121. The van der Waals surface area contributed by atoms with Gasteiger partial charge in [-0.25, -0.2) is 9.79 Å². The highest BCUT2D eigenvalue weighted by molar-refractivity contribution is 7.07. The third kappa shape index (κ3) is 7.32. The molecule has 8 nitrogen and oxygen atoms in total. The van der Waals surface area contributed by atoms with Crippen molar-refractivity contribution in [1.29, 1.82) is 0 Å². The first-order valence-electron chi connectivity index (χ1n) is 14.8. The van der Waals surface area contributed by atoms with Crippen LogP contribution in [0.2, 0.25) is 5.02 Å². The van der Waals surface area contributed by atoms with Crippen molar-refractivity contribution < 1.29 is 23.7 Å². The summed E-state index contributed by atoms with van der Waals surface area (Å²) < 4.78 is 25.2. The highest BCUT2D eigenvalue weighted by atomic mass is 35.5. The van der Waals surface area contributed by atoms with Crippen LogP contribution < -0.4 is 29.1 Å². The molecular weight excluding hydrogens is 612 g/mol. The van der Waals surface area contributed by atoms with Gasteiger partial charge in [0.25, 0.3) is 5.56 Å². The van der Waals surface area contributed by atoms with Crippen molar-refractivity contribution in [2.75, 3.05) is 13.2 Å². The summed E-state index contributed by atoms with van der Waals surface area (Å²) in [4.78, 5) is 32.4. The van der Waals surface area contributed by atoms with Crippen molar-refractivity contribution in [3.05, 3.63) is 119 Å². The number of hydrogen-bond acceptors (Lipinski definition) is 8. The minimum atomic E-state index is -0.710. The van der Waals surface area contributed by atoms with E-state index < -0.39 is 12.0 Å². The van der Waals surface area contributed by atoms with E-state index in [2.05, 4.69) is 4.99 Å². The number of benzene rings is 3. The monoisotopic (exact) mass is 646 g/mol. The molecule has 0 unspecified atom stereocenters. The zero-order chi connectivity index (χ0) is 32.1. The Morgan fingerprint density at radius 1 is 1.00 bits per heavy atom. The van der Waals surface area contributed by atoms with E-state index in [4.69, 9.17) is 30.5 Å². The van der Waals surface area contributed by atoms with E-state index in [1.54, 1.807) is 24.5 Å². The Bertz CT molecular complexity index is 1890. The smallest absolute Gasteiger partial charge is 0.338 e. The number of ether oxygens (including phenoxy) is 4. The Morgan fingerprint density at radius 3 is 2.40 bits per heavy atom. The molecule has 0 N–H and O–H groups in total. The van der Waals surface area contributed by atoms with Crippen LogP contribution in [0.15, 0.2) is 87.8 Å². The Hall–Kier alpha value is -4.34. The van der Waals surface area contributed by atoms with Crippen LogP contribution >= 0.6 is 22.9 Å². The van der Waals surface area contributed by atoms with Crippen molar-refractivity contribution >= 4 is 35.0 Å². The normalized spacial score (nSPS) is 14.6. The third-order valence-electron chi connectivity index (χ3n) is 6.96. The molecule has 45 heavy (non-hydrogen) atoms. The van der Waals surface area contributed by atoms with Crippen molar-refractivity contribution in [1.82, 2.24) is 4.57 Å². The number of fused-ring (bicyclic) bond motifs is 1. The number of aromatic nitrogens is 1. The van der Waals surface area contributed by atoms with Gasteiger partial charge >= 0.3 is 5.97 Å². The second-order valence-corrected chi connectivity index (χ2v) is 12.0. The number of allylic oxidation sites excluding steroid dienone is 1. The van der Waals surface area contributed by atoms with Gasteiger partial charge in [0, 0.05) is 5.02 Å². The first kappa shape index (κ1) is 32.1. The molecule has 0 bridgehead atoms. The summed E-state index contributed by atoms with van der Waals surface area (Å²) in [6, 6.07) is 19.7. The molecule has 0 saturated carbocycles. The molecule has 5 rings (SSSR count). The van der Waals surface area contributed by atoms with E-state index in [0.29, 0.717) is 56.1 Å². The molecule has 1 atom stereocenters. The van der Waals surface area contributed by atoms with Crippen LogP contribution in [0.3, 0.4) is 0 Å². The maximum absolute atomic E-state index is 14.0. The molecule has 0 fully saturated rings. The highest BCUT2D eigenvalue weighted by Gasteiger charge is 2.33. The number of nitrogens with zero attached hydrogens (tertiary/aromatic N) is 2. The van der Waals surface area contributed by atoms with Gasteiger partial charge in [-0.3, -0.25) is 9.36 Å². The molecule has 1 aliphatic rings. The Kier molecular flexibility index (Phi) is 10.1. The molecule has 0 saturated heterocycles. The van der Waals surface area contributed by atoms with Crippen LogP contribution in [0.4, 0.5) is 0 Å². The van der Waals surface area contributed by atoms with Gasteiger partial charge in [-0.2, -0.15) is 0 Å². The molecule has 1 aromatic heterocycles. The topological polar surface area (TPSA) is 88.4 Å². The Labute approximate surface area is 270 Å². The van der Waals surface area contributed by atoms with Crippen LogP contribution in [0, 0.1) is 0 Å². The standard InChI is InChI=1S/C35H35ClN2O6S/c1-6-41-29-18-24(10-17-28(29)43-20-23-8-13-26(36)14-9-23)19-30-33(39)38-32(25-11-15-27(16-12-25)44-21(3)4)31(34(40)42-7-2)22(5)37-35(38)45-30/h8-19,21,32H,6-7,20H2,1-5H3/b30-19-/t32-/m1/s1. The van der Waals surface area contributed by atoms with E-state index in [0.717, 1.165) is 16.7 Å². The number of hydrogen-bond donors (Lipinski definition) is 0. The quantitative estimate of drug-likeness (QED) is 0.180. The predicted molar refractivity (Wildman–Crippen MR) is 176 cm³/mol. The fourth-order valence-electron chi connectivity index (χ4n) is 5.00. The SMILES string of the molecule is CCOC(=O)C1=C(C)N=c2s/c(=C\c3ccc(OCc4ccc(Cl)cc4)c(OCC)c3)c(=O)n2[C@@H]1c1ccc(OC(C)C)cc1. The van der Waals surface area contributed by atoms with Crippen molar-refractivity contribution in [3.8, 4) is 17.2 Å². The summed E-state index contributed by atoms with van der Waals surface area (Å²) in [6.07, 6.45) is 1.81. The van der Waals surface area contributed by atoms with Gasteiger partial charge in [0.05, 0.1) is 41.2 Å². The van der Waals surface area contributed by atoms with Gasteiger partial charge in [0.2, 0.25) is 0 Å². The average molecular weight is 647 g/mol. The van der Waals surface area contributed by atoms with Gasteiger partial charge in [0.15, 0.2) is 16.3 Å². The summed E-state index contributed by atoms with van der Waals surface area (Å²) in [5.74, 6) is 1.35. The predicted octanol–water partition coefficient (Wildman–Crippen LogP) is 6.22. The van der Waals surface area contributed by atoms with Crippen molar-refractivity contribution in [3.63, 3.8) is 0 Å². The Morgan fingerprint density at radius 2 is 1.73 bits per heavy atom. The summed E-state index contributed by atoms with van der Waals surface area (Å²) >= 11 is 7.27. The second kappa shape index (κ2) is 14.2. The maximum atomic E-state index is 14.0. The average Bonchev–Trinajstić information content (AvgIpc) is 3.31. The van der Waals surface area contributed by atoms with Crippen LogP contribution in [0.1, 0.15) is 57.4 Å². The van der Waals surface area contributed by atoms with Gasteiger partial charge in [-0.05, 0) is 93.8 Å². The zero-order valence-electron chi connectivity index (χ0n) is 25.8. The van der Waals surface area contributed by atoms with E-state index in [1.807, 2.05) is 87.5 Å². The molecule has 0 amide bonds. The lowest BCUT2D eigenvalue weighted by Crippen LogP contribution is -2.39. The summed E-state index contributed by atoms with van der Waals surface area (Å²) in [6.45, 7) is 10.3. The molecule has 1 aliphatic heterocycles. The molecule has 0 aliphatic carbocycles. The van der Waals surface area contributed by atoms with Crippen molar-refractivity contribution in [2.45, 2.75) is 53.4 Å². The van der Waals surface area contributed by atoms with Crippen LogP contribution in [0.5, 0.6) is 17.2 Å². The molecule has 0 spiro atoms. The van der Waals surface area contributed by atoms with Gasteiger partial charge < -0.3 is 18.9 Å². The van der Waals surface area contributed by atoms with Gasteiger partial charge in [-0.15, -0.1) is 0 Å². The van der Waals surface area contributed by atoms with E-state index in [-0.39, 0.29) is 18.3 Å². The number of rotatable bonds is 11. The second-order valence-electron chi connectivity index (χ2n) is 10.6. The molecule has 10 heteroatoms. The Balaban J connectivity index is 1.54. The highest BCUT2D eigenvalue weighted by Crippen LogP contribution is 2.32. The largest absolute Gasteiger partial charge is 0.491 e. The first-order chi connectivity index (χ1) is 21.7. The lowest BCUT2D eigenvalue weighted by atomic mass is 9.96. The van der Waals surface area contributed by atoms with Gasteiger partial charge in [-0.1, -0.05) is 53.3 Å². The molecular formula is C35H35ClN2O6S. The van der Waals surface area contributed by atoms with E-state index in [9.17, 15) is 9.59 Å². The summed E-state index contributed by atoms with van der Waals surface area (Å²) in [5.41, 5.74) is 3.05. The lowest BCUT2D eigenvalue weighted by Gasteiger charge is -2.25. The number of carbonyl (C=O) groups is 1. The van der Waals surface area contributed by atoms with E-state index >= 15 is 0 Å². The molecule has 3 aromatic carbocycles.